The Kier molecular flexibility index (Phi) is 6.71. The molecule has 6 aromatic rings. The van der Waals surface area contributed by atoms with Gasteiger partial charge in [-0.15, -0.1) is 0 Å². The average Bonchev–Trinajstić information content (AvgIpc) is 3.42. The van der Waals surface area contributed by atoms with Gasteiger partial charge in [-0.2, -0.15) is 5.10 Å². The second kappa shape index (κ2) is 10.5. The van der Waals surface area contributed by atoms with E-state index in [4.69, 9.17) is 16.6 Å². The van der Waals surface area contributed by atoms with Crippen molar-refractivity contribution in [3.05, 3.63) is 111 Å². The quantitative estimate of drug-likeness (QED) is 0.256. The summed E-state index contributed by atoms with van der Waals surface area (Å²) in [5.41, 5.74) is 4.56. The van der Waals surface area contributed by atoms with Crippen molar-refractivity contribution in [1.29, 1.82) is 0 Å². The minimum absolute atomic E-state index is 0.0162. The number of aryl methyl sites for hydroxylation is 1. The van der Waals surface area contributed by atoms with Crippen molar-refractivity contribution in [3.8, 4) is 22.4 Å². The third-order valence-corrected chi connectivity index (χ3v) is 7.63. The number of hydrogen-bond acceptors (Lipinski definition) is 6. The molecule has 0 saturated heterocycles. The molecule has 1 amide bonds. The van der Waals surface area contributed by atoms with Crippen LogP contribution in [0.15, 0.2) is 83.8 Å². The molecule has 0 aliphatic rings. The first-order valence-electron chi connectivity index (χ1n) is 12.2. The fraction of sp³-hybridized carbons (Fsp3) is 0.0690. The van der Waals surface area contributed by atoms with Crippen LogP contribution in [0.4, 0.5) is 0 Å². The van der Waals surface area contributed by atoms with Crippen LogP contribution in [0, 0.1) is 6.92 Å². The van der Waals surface area contributed by atoms with Gasteiger partial charge in [-0.25, -0.2) is 9.19 Å². The van der Waals surface area contributed by atoms with Crippen LogP contribution >= 0.6 is 11.6 Å². The molecule has 0 fully saturated rings. The number of rotatable bonds is 6. The van der Waals surface area contributed by atoms with E-state index in [1.165, 1.54) is 6.07 Å². The van der Waals surface area contributed by atoms with Gasteiger partial charge < -0.3 is 4.98 Å². The summed E-state index contributed by atoms with van der Waals surface area (Å²) >= 11 is 6.55. The summed E-state index contributed by atoms with van der Waals surface area (Å²) in [6.45, 7) is 1.83. The summed E-state index contributed by atoms with van der Waals surface area (Å²) in [6.07, 6.45) is 1.69. The van der Waals surface area contributed by atoms with E-state index in [1.54, 1.807) is 18.3 Å². The molecule has 11 heteroatoms. The molecule has 1 unspecified atom stereocenters. The second-order valence-corrected chi connectivity index (χ2v) is 10.8. The third kappa shape index (κ3) is 5.02. The minimum atomic E-state index is -1.78. The maximum Gasteiger partial charge on any atom is 0.268 e. The Morgan fingerprint density at radius 3 is 2.60 bits per heavy atom. The maximum absolute atomic E-state index is 13.0. The highest BCUT2D eigenvalue weighted by Crippen LogP contribution is 2.36. The van der Waals surface area contributed by atoms with Crippen molar-refractivity contribution in [3.63, 3.8) is 0 Å². The lowest BCUT2D eigenvalue weighted by Gasteiger charge is -2.13. The van der Waals surface area contributed by atoms with Gasteiger partial charge in [-0.05, 0) is 48.9 Å². The normalized spacial score (nSPS) is 12.1. The fourth-order valence-corrected chi connectivity index (χ4v) is 5.61. The molecule has 9 nitrogen and oxygen atoms in total. The number of H-pyrrole nitrogens is 2. The van der Waals surface area contributed by atoms with Crippen LogP contribution in [0.3, 0.4) is 0 Å². The number of nitrogens with one attached hydrogen (secondary N) is 3. The molecule has 3 N–H and O–H groups in total. The SMILES string of the molecule is Cc1cccc(CS(=O)NC(=O)c2cc3cc(-c4cc(Cl)c5[nH]ncc5c4)c(-c4ccccc4)nc3[nH]c2=O)n1. The maximum atomic E-state index is 13.0. The van der Waals surface area contributed by atoms with E-state index in [2.05, 4.69) is 24.9 Å². The zero-order valence-electron chi connectivity index (χ0n) is 21.1. The lowest BCUT2D eigenvalue weighted by molar-refractivity contribution is 0.0981. The summed E-state index contributed by atoms with van der Waals surface area (Å²) in [5, 5.41) is 8.82. The van der Waals surface area contributed by atoms with Crippen LogP contribution in [-0.4, -0.2) is 35.3 Å². The molecule has 2 aromatic carbocycles. The highest BCUT2D eigenvalue weighted by Gasteiger charge is 2.19. The zero-order valence-corrected chi connectivity index (χ0v) is 22.6. The predicted molar refractivity (Wildman–Crippen MR) is 156 cm³/mol. The standard InChI is InChI=1S/C29H21ClN6O3S/c1-16-6-5-9-21(32-16)15-40(39)36-29(38)23-12-19-11-22(18-10-20-14-31-35-26(20)24(30)13-18)25(17-7-3-2-4-8-17)33-27(19)34-28(23)37/h2-14H,15H2,1H3,(H,31,35)(H,36,38)(H,33,34,37). The zero-order chi connectivity index (χ0) is 27.8. The Labute approximate surface area is 235 Å². The third-order valence-electron chi connectivity index (χ3n) is 6.36. The topological polar surface area (TPSA) is 133 Å². The first-order valence-corrected chi connectivity index (χ1v) is 13.9. The summed E-state index contributed by atoms with van der Waals surface area (Å²) in [6, 6.07) is 22.0. The van der Waals surface area contributed by atoms with Gasteiger partial charge in [0.1, 0.15) is 22.2 Å². The molecule has 4 heterocycles. The van der Waals surface area contributed by atoms with E-state index in [-0.39, 0.29) is 11.3 Å². The lowest BCUT2D eigenvalue weighted by atomic mass is 9.97. The number of aromatic nitrogens is 5. The van der Waals surface area contributed by atoms with Gasteiger partial charge in [0.2, 0.25) is 0 Å². The van der Waals surface area contributed by atoms with Crippen molar-refractivity contribution in [2.24, 2.45) is 0 Å². The van der Waals surface area contributed by atoms with Gasteiger partial charge >= 0.3 is 0 Å². The number of fused-ring (bicyclic) bond motifs is 2. The monoisotopic (exact) mass is 568 g/mol. The number of pyridine rings is 3. The molecule has 6 rings (SSSR count). The van der Waals surface area contributed by atoms with Gasteiger partial charge in [-0.3, -0.25) is 24.4 Å². The van der Waals surface area contributed by atoms with Crippen molar-refractivity contribution < 1.29 is 9.00 Å². The fourth-order valence-electron chi connectivity index (χ4n) is 4.52. The second-order valence-electron chi connectivity index (χ2n) is 9.18. The smallest absolute Gasteiger partial charge is 0.268 e. The Hall–Kier alpha value is -4.67. The van der Waals surface area contributed by atoms with Crippen molar-refractivity contribution in [2.45, 2.75) is 12.7 Å². The first kappa shape index (κ1) is 25.6. The largest absolute Gasteiger partial charge is 0.306 e. The van der Waals surface area contributed by atoms with E-state index >= 15 is 0 Å². The Morgan fingerprint density at radius 2 is 1.80 bits per heavy atom. The van der Waals surface area contributed by atoms with Gasteiger partial charge in [-0.1, -0.05) is 48.0 Å². The molecular formula is C29H21ClN6O3S. The van der Waals surface area contributed by atoms with E-state index in [0.717, 1.165) is 33.3 Å². The minimum Gasteiger partial charge on any atom is -0.306 e. The number of carbonyl (C=O) groups is 1. The Morgan fingerprint density at radius 1 is 0.975 bits per heavy atom. The Bertz CT molecular complexity index is 2010. The molecule has 0 saturated carbocycles. The van der Waals surface area contributed by atoms with Crippen LogP contribution in [0.2, 0.25) is 5.02 Å². The highest BCUT2D eigenvalue weighted by molar-refractivity contribution is 7.82. The van der Waals surface area contributed by atoms with Gasteiger partial charge in [0, 0.05) is 27.6 Å². The number of aromatic amines is 2. The number of hydrogen-bond donors (Lipinski definition) is 3. The van der Waals surface area contributed by atoms with Gasteiger partial charge in [0.15, 0.2) is 0 Å². The number of halogens is 1. The van der Waals surface area contributed by atoms with E-state index < -0.39 is 22.5 Å². The van der Waals surface area contributed by atoms with Crippen LogP contribution in [0.1, 0.15) is 21.7 Å². The summed E-state index contributed by atoms with van der Waals surface area (Å²) in [5.74, 6) is -0.742. The highest BCUT2D eigenvalue weighted by atomic mass is 35.5. The van der Waals surface area contributed by atoms with E-state index in [0.29, 0.717) is 27.4 Å². The average molecular weight is 569 g/mol. The van der Waals surface area contributed by atoms with E-state index in [9.17, 15) is 13.8 Å². The molecule has 0 spiro atoms. The number of amides is 1. The summed E-state index contributed by atoms with van der Waals surface area (Å²) in [7, 11) is -1.78. The van der Waals surface area contributed by atoms with Crippen molar-refractivity contribution >= 4 is 50.4 Å². The number of benzene rings is 2. The molecule has 0 radical (unpaired) electrons. The van der Waals surface area contributed by atoms with Gasteiger partial charge in [0.05, 0.1) is 33.9 Å². The van der Waals surface area contributed by atoms with Crippen LogP contribution in [0.5, 0.6) is 0 Å². The van der Waals surface area contributed by atoms with Crippen molar-refractivity contribution in [1.82, 2.24) is 29.9 Å². The number of carbonyl (C=O) groups excluding carboxylic acids is 1. The molecule has 4 aromatic heterocycles. The summed E-state index contributed by atoms with van der Waals surface area (Å²) in [4.78, 5) is 37.7. The predicted octanol–water partition coefficient (Wildman–Crippen LogP) is 5.08. The van der Waals surface area contributed by atoms with Crippen LogP contribution in [0.25, 0.3) is 44.3 Å². The molecule has 0 aliphatic carbocycles. The number of nitrogens with zero attached hydrogens (tertiary/aromatic N) is 3. The van der Waals surface area contributed by atoms with Crippen LogP contribution in [-0.2, 0) is 16.7 Å². The molecular weight excluding hydrogens is 548 g/mol. The van der Waals surface area contributed by atoms with Crippen LogP contribution < -0.4 is 10.3 Å². The molecule has 0 bridgehead atoms. The Balaban J connectivity index is 1.42. The molecule has 40 heavy (non-hydrogen) atoms. The van der Waals surface area contributed by atoms with Crippen molar-refractivity contribution in [2.75, 3.05) is 0 Å². The molecule has 0 aliphatic heterocycles. The molecule has 1 atom stereocenters. The van der Waals surface area contributed by atoms with Gasteiger partial charge in [0.25, 0.3) is 11.5 Å². The van der Waals surface area contributed by atoms with E-state index in [1.807, 2.05) is 61.5 Å². The first-order chi connectivity index (χ1) is 19.4. The lowest BCUT2D eigenvalue weighted by Crippen LogP contribution is -2.31. The molecule has 198 valence electrons. The summed E-state index contributed by atoms with van der Waals surface area (Å²) < 4.78 is 15.0.